The monoisotopic (exact) mass is 350 g/mol. The van der Waals surface area contributed by atoms with Gasteiger partial charge < -0.3 is 9.47 Å². The van der Waals surface area contributed by atoms with Crippen LogP contribution in [0.4, 0.5) is 4.39 Å². The lowest BCUT2D eigenvalue weighted by atomic mass is 9.48. The zero-order chi connectivity index (χ0) is 18.2. The van der Waals surface area contributed by atoms with E-state index in [-0.39, 0.29) is 11.7 Å². The van der Waals surface area contributed by atoms with E-state index in [4.69, 9.17) is 14.9 Å². The van der Waals surface area contributed by atoms with Crippen molar-refractivity contribution in [2.75, 3.05) is 0 Å². The Morgan fingerprint density at radius 2 is 2.04 bits per heavy atom. The summed E-state index contributed by atoms with van der Waals surface area (Å²) in [6.07, 6.45) is 2.00. The molecule has 1 aliphatic carbocycles. The summed E-state index contributed by atoms with van der Waals surface area (Å²) < 4.78 is 26.3. The van der Waals surface area contributed by atoms with Gasteiger partial charge in [0.25, 0.3) is 0 Å². The number of nitrogens with zero attached hydrogens (tertiary/aromatic N) is 3. The molecule has 6 nitrogen and oxygen atoms in total. The molecule has 4 aliphatic heterocycles. The molecule has 1 aromatic rings. The fraction of sp³-hybridized carbons (Fsp3) is 0.474. The van der Waals surface area contributed by atoms with Crippen molar-refractivity contribution >= 4 is 11.7 Å². The van der Waals surface area contributed by atoms with Crippen LogP contribution in [0.25, 0.3) is 0 Å². The summed E-state index contributed by atoms with van der Waals surface area (Å²) in [7, 11) is 0. The molecule has 1 N–H and O–H groups in total. The van der Waals surface area contributed by atoms with Crippen LogP contribution < -0.4 is 0 Å². The zero-order valence-corrected chi connectivity index (χ0v) is 13.8. The van der Waals surface area contributed by atoms with Gasteiger partial charge in [-0.1, -0.05) is 18.6 Å². The molecule has 0 radical (unpaired) electrons. The molecule has 1 aromatic carbocycles. The lowest BCUT2D eigenvalue weighted by Gasteiger charge is -2.63. The van der Waals surface area contributed by atoms with Crippen LogP contribution in [0, 0.1) is 50.6 Å². The minimum absolute atomic E-state index is 0.0743. The number of nitrogens with one attached hydrogen (secondary N) is 1. The van der Waals surface area contributed by atoms with Crippen LogP contribution in [-0.4, -0.2) is 17.5 Å². The van der Waals surface area contributed by atoms with E-state index < -0.39 is 34.5 Å². The van der Waals surface area contributed by atoms with E-state index in [9.17, 15) is 14.9 Å². The average molecular weight is 350 g/mol. The largest absolute Gasteiger partial charge is 0.447 e. The Morgan fingerprint density at radius 3 is 2.77 bits per heavy atom. The number of hydrogen-bond acceptors (Lipinski definition) is 5. The Labute approximate surface area is 149 Å². The fourth-order valence-electron chi connectivity index (χ4n) is 5.30. The standard InChI is InChI=1S/C19H15FN4O2/c20-12-5-3-4-11(8-12)14-18(10-22)16-24-15(23)17(18,9-21)13-6-1-2-7-19(13,25-14)26-16/h3-5,8,13-14,23H,1-2,6-7H2/t13-,14+,17-,18-,19+/m1/s1. The molecule has 7 heteroatoms. The summed E-state index contributed by atoms with van der Waals surface area (Å²) in [6.45, 7) is 0. The summed E-state index contributed by atoms with van der Waals surface area (Å²) >= 11 is 0. The van der Waals surface area contributed by atoms with Crippen molar-refractivity contribution in [3.05, 3.63) is 35.6 Å². The number of nitriles is 2. The molecule has 26 heavy (non-hydrogen) atoms. The molecule has 5 atom stereocenters. The van der Waals surface area contributed by atoms with Gasteiger partial charge in [0.1, 0.15) is 17.8 Å². The van der Waals surface area contributed by atoms with E-state index >= 15 is 0 Å². The summed E-state index contributed by atoms with van der Waals surface area (Å²) in [6, 6.07) is 10.3. The predicted molar refractivity (Wildman–Crippen MR) is 87.3 cm³/mol. The highest BCUT2D eigenvalue weighted by Crippen LogP contribution is 2.72. The third-order valence-electron chi connectivity index (χ3n) is 6.35. The molecule has 0 unspecified atom stereocenters. The minimum Gasteiger partial charge on any atom is -0.447 e. The van der Waals surface area contributed by atoms with Gasteiger partial charge in [0.15, 0.2) is 10.8 Å². The Kier molecular flexibility index (Phi) is 2.79. The number of fused-ring (bicyclic) bond motifs is 1. The molecule has 1 spiro atoms. The van der Waals surface area contributed by atoms with Crippen LogP contribution in [0.15, 0.2) is 29.3 Å². The van der Waals surface area contributed by atoms with Crippen LogP contribution in [0.3, 0.4) is 0 Å². The van der Waals surface area contributed by atoms with E-state index in [0.717, 1.165) is 12.8 Å². The Hall–Kier alpha value is -2.77. The van der Waals surface area contributed by atoms with Gasteiger partial charge in [-0.15, -0.1) is 0 Å². The molecule has 6 rings (SSSR count). The van der Waals surface area contributed by atoms with Crippen LogP contribution in [-0.2, 0) is 9.47 Å². The second kappa shape index (κ2) is 4.69. The van der Waals surface area contributed by atoms with Crippen LogP contribution in [0.2, 0.25) is 0 Å². The minimum atomic E-state index is -1.57. The maximum absolute atomic E-state index is 13.9. The summed E-state index contributed by atoms with van der Waals surface area (Å²) in [4.78, 5) is 4.20. The van der Waals surface area contributed by atoms with Gasteiger partial charge in [-0.3, -0.25) is 5.41 Å². The third-order valence-corrected chi connectivity index (χ3v) is 6.35. The van der Waals surface area contributed by atoms with Crippen LogP contribution in [0.1, 0.15) is 37.4 Å². The molecule has 4 heterocycles. The maximum Gasteiger partial charge on any atom is 0.218 e. The quantitative estimate of drug-likeness (QED) is 0.840. The van der Waals surface area contributed by atoms with Crippen molar-refractivity contribution in [1.29, 1.82) is 15.9 Å². The van der Waals surface area contributed by atoms with E-state index in [0.29, 0.717) is 18.4 Å². The van der Waals surface area contributed by atoms with E-state index in [1.54, 1.807) is 12.1 Å². The average Bonchev–Trinajstić information content (AvgIpc) is 2.84. The first-order valence-corrected chi connectivity index (χ1v) is 8.67. The lowest BCUT2D eigenvalue weighted by Crippen LogP contribution is -2.72. The van der Waals surface area contributed by atoms with Gasteiger partial charge in [-0.05, 0) is 30.5 Å². The highest BCUT2D eigenvalue weighted by atomic mass is 19.1. The number of benzene rings is 1. The molecular weight excluding hydrogens is 335 g/mol. The first kappa shape index (κ1) is 15.5. The number of halogens is 1. The molecule has 130 valence electrons. The first-order chi connectivity index (χ1) is 12.5. The molecule has 4 bridgehead atoms. The highest BCUT2D eigenvalue weighted by molar-refractivity contribution is 6.12. The van der Waals surface area contributed by atoms with Crippen molar-refractivity contribution in [2.45, 2.75) is 37.6 Å². The predicted octanol–water partition coefficient (Wildman–Crippen LogP) is 3.22. The van der Waals surface area contributed by atoms with E-state index in [1.165, 1.54) is 12.1 Å². The summed E-state index contributed by atoms with van der Waals surface area (Å²) in [5.74, 6) is -2.05. The van der Waals surface area contributed by atoms with Gasteiger partial charge in [0.05, 0.1) is 18.1 Å². The van der Waals surface area contributed by atoms with Crippen molar-refractivity contribution < 1.29 is 13.9 Å². The van der Waals surface area contributed by atoms with Crippen molar-refractivity contribution in [1.82, 2.24) is 0 Å². The van der Waals surface area contributed by atoms with Crippen molar-refractivity contribution in [3.63, 3.8) is 0 Å². The van der Waals surface area contributed by atoms with Crippen molar-refractivity contribution in [2.24, 2.45) is 21.7 Å². The summed E-state index contributed by atoms with van der Waals surface area (Å²) in [5, 5.41) is 28.9. The van der Waals surface area contributed by atoms with Crippen LogP contribution in [0.5, 0.6) is 0 Å². The lowest BCUT2D eigenvalue weighted by molar-refractivity contribution is -0.355. The SMILES string of the molecule is N#C[C@@]12C3=NC(=N)[C@@]1(C#N)[C@H]1CCCC[C@@]1(O3)O[C@H]2c1cccc(F)c1. The van der Waals surface area contributed by atoms with Gasteiger partial charge in [0.2, 0.25) is 11.7 Å². The van der Waals surface area contributed by atoms with E-state index in [2.05, 4.69) is 17.1 Å². The Balaban J connectivity index is 1.82. The number of aliphatic imine (C=N–C) groups is 1. The van der Waals surface area contributed by atoms with Crippen molar-refractivity contribution in [3.8, 4) is 12.1 Å². The van der Waals surface area contributed by atoms with Gasteiger partial charge >= 0.3 is 0 Å². The van der Waals surface area contributed by atoms with Gasteiger partial charge in [0, 0.05) is 6.42 Å². The summed E-state index contributed by atoms with van der Waals surface area (Å²) in [5.41, 5.74) is -2.55. The van der Waals surface area contributed by atoms with Crippen LogP contribution >= 0.6 is 0 Å². The number of amidine groups is 1. The molecule has 0 aromatic heterocycles. The molecule has 1 saturated carbocycles. The normalized spacial score (nSPS) is 42.3. The fourth-order valence-corrected chi connectivity index (χ4v) is 5.30. The number of rotatable bonds is 1. The maximum atomic E-state index is 13.9. The third kappa shape index (κ3) is 1.42. The van der Waals surface area contributed by atoms with Gasteiger partial charge in [-0.2, -0.15) is 15.5 Å². The molecule has 5 aliphatic rings. The molecule has 4 fully saturated rings. The highest BCUT2D eigenvalue weighted by Gasteiger charge is 2.83. The van der Waals surface area contributed by atoms with Gasteiger partial charge in [-0.25, -0.2) is 4.39 Å². The topological polar surface area (TPSA) is 102 Å². The first-order valence-electron chi connectivity index (χ1n) is 8.67. The smallest absolute Gasteiger partial charge is 0.218 e. The number of ether oxygens (including phenoxy) is 2. The van der Waals surface area contributed by atoms with E-state index in [1.807, 2.05) is 0 Å². The zero-order valence-electron chi connectivity index (χ0n) is 13.8. The molecule has 3 saturated heterocycles. The molecular formula is C19H15FN4O2. The molecule has 0 amide bonds. The Bertz CT molecular complexity index is 963. The second-order valence-electron chi connectivity index (χ2n) is 7.37. The Morgan fingerprint density at radius 1 is 1.23 bits per heavy atom. The second-order valence-corrected chi connectivity index (χ2v) is 7.37. The number of hydrogen-bond donors (Lipinski definition) is 1.